The first-order chi connectivity index (χ1) is 9.33. The van der Waals surface area contributed by atoms with Crippen molar-refractivity contribution in [2.45, 2.75) is 51.5 Å². The molecule has 2 heteroatoms. The van der Waals surface area contributed by atoms with Crippen LogP contribution in [0.3, 0.4) is 0 Å². The molecule has 0 radical (unpaired) electrons. The van der Waals surface area contributed by atoms with Gasteiger partial charge < -0.3 is 10.2 Å². The Kier molecular flexibility index (Phi) is 4.07. The predicted molar refractivity (Wildman–Crippen MR) is 82.0 cm³/mol. The SMILES string of the molecule is Cc1ccc(N2CCCC2)c(CC2CCCCN2)c1. The molecule has 1 atom stereocenters. The molecule has 1 aromatic carbocycles. The van der Waals surface area contributed by atoms with Crippen molar-refractivity contribution in [1.82, 2.24) is 5.32 Å². The first-order valence-electron chi connectivity index (χ1n) is 7.91. The third-order valence-electron chi connectivity index (χ3n) is 4.56. The molecule has 2 heterocycles. The van der Waals surface area contributed by atoms with Crippen LogP contribution in [0.1, 0.15) is 43.2 Å². The normalized spacial score (nSPS) is 23.8. The summed E-state index contributed by atoms with van der Waals surface area (Å²) in [6.45, 7) is 5.91. The zero-order valence-corrected chi connectivity index (χ0v) is 12.1. The molecule has 1 aromatic rings. The molecule has 0 aromatic heterocycles. The summed E-state index contributed by atoms with van der Waals surface area (Å²) in [6.07, 6.45) is 8.00. The Morgan fingerprint density at radius 2 is 2.00 bits per heavy atom. The van der Waals surface area contributed by atoms with Crippen molar-refractivity contribution in [3.63, 3.8) is 0 Å². The Bertz CT molecular complexity index is 415. The van der Waals surface area contributed by atoms with Gasteiger partial charge in [0, 0.05) is 24.8 Å². The van der Waals surface area contributed by atoms with Crippen LogP contribution in [0.4, 0.5) is 5.69 Å². The minimum Gasteiger partial charge on any atom is -0.371 e. The molecule has 3 rings (SSSR count). The van der Waals surface area contributed by atoms with Crippen LogP contribution in [0.2, 0.25) is 0 Å². The van der Waals surface area contributed by atoms with Gasteiger partial charge in [0.2, 0.25) is 0 Å². The minimum atomic E-state index is 0.692. The number of nitrogens with one attached hydrogen (secondary N) is 1. The second-order valence-electron chi connectivity index (χ2n) is 6.18. The van der Waals surface area contributed by atoms with Crippen molar-refractivity contribution in [3.8, 4) is 0 Å². The van der Waals surface area contributed by atoms with Gasteiger partial charge in [-0.05, 0) is 57.2 Å². The second kappa shape index (κ2) is 5.96. The highest BCUT2D eigenvalue weighted by Gasteiger charge is 2.19. The zero-order chi connectivity index (χ0) is 13.1. The van der Waals surface area contributed by atoms with Crippen LogP contribution in [0.5, 0.6) is 0 Å². The third-order valence-corrected chi connectivity index (χ3v) is 4.56. The second-order valence-corrected chi connectivity index (χ2v) is 6.18. The Labute approximate surface area is 117 Å². The summed E-state index contributed by atoms with van der Waals surface area (Å²) >= 11 is 0. The van der Waals surface area contributed by atoms with Crippen LogP contribution in [-0.4, -0.2) is 25.7 Å². The molecule has 2 fully saturated rings. The van der Waals surface area contributed by atoms with Gasteiger partial charge >= 0.3 is 0 Å². The molecule has 1 N–H and O–H groups in total. The molecule has 0 amide bonds. The van der Waals surface area contributed by atoms with Crippen LogP contribution < -0.4 is 10.2 Å². The van der Waals surface area contributed by atoms with Gasteiger partial charge in [0.25, 0.3) is 0 Å². The summed E-state index contributed by atoms with van der Waals surface area (Å²) in [4.78, 5) is 2.58. The summed E-state index contributed by atoms with van der Waals surface area (Å²) < 4.78 is 0. The van der Waals surface area contributed by atoms with Gasteiger partial charge in [-0.3, -0.25) is 0 Å². The maximum Gasteiger partial charge on any atom is 0.0399 e. The molecule has 104 valence electrons. The van der Waals surface area contributed by atoms with Crippen LogP contribution >= 0.6 is 0 Å². The van der Waals surface area contributed by atoms with E-state index in [4.69, 9.17) is 0 Å². The van der Waals surface area contributed by atoms with E-state index in [0.717, 1.165) is 0 Å². The van der Waals surface area contributed by atoms with Gasteiger partial charge in [0.15, 0.2) is 0 Å². The predicted octanol–water partition coefficient (Wildman–Crippen LogP) is 3.28. The average molecular weight is 258 g/mol. The number of hydrogen-bond donors (Lipinski definition) is 1. The summed E-state index contributed by atoms with van der Waals surface area (Å²) in [5.74, 6) is 0. The summed E-state index contributed by atoms with van der Waals surface area (Å²) in [6, 6.07) is 7.71. The lowest BCUT2D eigenvalue weighted by Gasteiger charge is -2.27. The Morgan fingerprint density at radius 1 is 1.16 bits per heavy atom. The van der Waals surface area contributed by atoms with Gasteiger partial charge in [0.1, 0.15) is 0 Å². The van der Waals surface area contributed by atoms with E-state index in [2.05, 4.69) is 35.3 Å². The Morgan fingerprint density at radius 3 is 2.74 bits per heavy atom. The maximum atomic E-state index is 3.69. The monoisotopic (exact) mass is 258 g/mol. The lowest BCUT2D eigenvalue weighted by Crippen LogP contribution is -2.36. The quantitative estimate of drug-likeness (QED) is 0.895. The summed E-state index contributed by atoms with van der Waals surface area (Å²) in [7, 11) is 0. The molecule has 2 saturated heterocycles. The lowest BCUT2D eigenvalue weighted by molar-refractivity contribution is 0.399. The van der Waals surface area contributed by atoms with Gasteiger partial charge in [-0.2, -0.15) is 0 Å². The number of rotatable bonds is 3. The molecule has 0 bridgehead atoms. The largest absolute Gasteiger partial charge is 0.371 e. The first kappa shape index (κ1) is 13.0. The summed E-state index contributed by atoms with van der Waals surface area (Å²) in [5.41, 5.74) is 4.45. The molecule has 0 spiro atoms. The standard InChI is InChI=1S/C17H26N2/c1-14-7-8-17(19-10-4-5-11-19)15(12-14)13-16-6-2-3-9-18-16/h7-8,12,16,18H,2-6,9-11,13H2,1H3. The topological polar surface area (TPSA) is 15.3 Å². The Hall–Kier alpha value is -1.02. The number of nitrogens with zero attached hydrogens (tertiary/aromatic N) is 1. The lowest BCUT2D eigenvalue weighted by atomic mass is 9.95. The zero-order valence-electron chi connectivity index (χ0n) is 12.1. The van der Waals surface area contributed by atoms with E-state index in [1.807, 2.05) is 0 Å². The minimum absolute atomic E-state index is 0.692. The fourth-order valence-corrected chi connectivity index (χ4v) is 3.51. The van der Waals surface area contributed by atoms with Crippen molar-refractivity contribution in [1.29, 1.82) is 0 Å². The number of benzene rings is 1. The highest BCUT2D eigenvalue weighted by atomic mass is 15.1. The molecule has 1 unspecified atom stereocenters. The van der Waals surface area contributed by atoms with Crippen molar-refractivity contribution >= 4 is 5.69 Å². The number of aryl methyl sites for hydroxylation is 1. The van der Waals surface area contributed by atoms with E-state index in [1.54, 1.807) is 5.56 Å². The first-order valence-corrected chi connectivity index (χ1v) is 7.91. The van der Waals surface area contributed by atoms with Crippen LogP contribution in [0.25, 0.3) is 0 Å². The summed E-state index contributed by atoms with van der Waals surface area (Å²) in [5, 5.41) is 3.69. The highest BCUT2D eigenvalue weighted by Crippen LogP contribution is 2.27. The fourth-order valence-electron chi connectivity index (χ4n) is 3.51. The number of anilines is 1. The maximum absolute atomic E-state index is 3.69. The Balaban J connectivity index is 1.79. The van der Waals surface area contributed by atoms with Crippen molar-refractivity contribution in [3.05, 3.63) is 29.3 Å². The van der Waals surface area contributed by atoms with Crippen molar-refractivity contribution in [2.24, 2.45) is 0 Å². The molecule has 0 aliphatic carbocycles. The molecule has 2 aliphatic heterocycles. The van der Waals surface area contributed by atoms with E-state index >= 15 is 0 Å². The van der Waals surface area contributed by atoms with E-state index in [0.29, 0.717) is 6.04 Å². The van der Waals surface area contributed by atoms with Gasteiger partial charge in [-0.15, -0.1) is 0 Å². The molecule has 2 aliphatic rings. The molecule has 19 heavy (non-hydrogen) atoms. The van der Waals surface area contributed by atoms with E-state index < -0.39 is 0 Å². The number of piperidine rings is 1. The van der Waals surface area contributed by atoms with E-state index in [-0.39, 0.29) is 0 Å². The molecule has 2 nitrogen and oxygen atoms in total. The van der Waals surface area contributed by atoms with Gasteiger partial charge in [-0.25, -0.2) is 0 Å². The van der Waals surface area contributed by atoms with Crippen molar-refractivity contribution in [2.75, 3.05) is 24.5 Å². The smallest absolute Gasteiger partial charge is 0.0399 e. The molecular weight excluding hydrogens is 232 g/mol. The average Bonchev–Trinajstić information content (AvgIpc) is 2.94. The van der Waals surface area contributed by atoms with E-state index in [1.165, 1.54) is 69.4 Å². The van der Waals surface area contributed by atoms with Crippen LogP contribution in [-0.2, 0) is 6.42 Å². The highest BCUT2D eigenvalue weighted by molar-refractivity contribution is 5.56. The van der Waals surface area contributed by atoms with Crippen LogP contribution in [0, 0.1) is 6.92 Å². The third kappa shape index (κ3) is 3.11. The van der Waals surface area contributed by atoms with Gasteiger partial charge in [-0.1, -0.05) is 24.1 Å². The fraction of sp³-hybridized carbons (Fsp3) is 0.647. The van der Waals surface area contributed by atoms with Gasteiger partial charge in [0.05, 0.1) is 0 Å². The molecule has 0 saturated carbocycles. The van der Waals surface area contributed by atoms with E-state index in [9.17, 15) is 0 Å². The van der Waals surface area contributed by atoms with Crippen molar-refractivity contribution < 1.29 is 0 Å². The van der Waals surface area contributed by atoms with Crippen LogP contribution in [0.15, 0.2) is 18.2 Å². The number of hydrogen-bond acceptors (Lipinski definition) is 2. The molecular formula is C17H26N2.